The summed E-state index contributed by atoms with van der Waals surface area (Å²) in [6.07, 6.45) is 3.75. The fourth-order valence-electron chi connectivity index (χ4n) is 3.19. The molecule has 1 aliphatic rings. The summed E-state index contributed by atoms with van der Waals surface area (Å²) in [6.45, 7) is 3.87. The van der Waals surface area contributed by atoms with Crippen molar-refractivity contribution in [3.05, 3.63) is 52.6 Å². The smallest absolute Gasteiger partial charge is 0.274 e. The maximum Gasteiger partial charge on any atom is 0.274 e. The average Bonchev–Trinajstić information content (AvgIpc) is 3.39. The van der Waals surface area contributed by atoms with Gasteiger partial charge in [0.05, 0.1) is 24.0 Å². The summed E-state index contributed by atoms with van der Waals surface area (Å²) in [7, 11) is 0. The molecule has 0 saturated carbocycles. The predicted octanol–water partition coefficient (Wildman–Crippen LogP) is 3.24. The zero-order valence-electron chi connectivity index (χ0n) is 15.5. The third kappa shape index (κ3) is 4.57. The van der Waals surface area contributed by atoms with E-state index in [1.54, 1.807) is 17.5 Å². The maximum absolute atomic E-state index is 12.5. The molecule has 2 N–H and O–H groups in total. The van der Waals surface area contributed by atoms with E-state index in [1.807, 2.05) is 47.3 Å². The molecule has 1 unspecified atom stereocenters. The van der Waals surface area contributed by atoms with Crippen molar-refractivity contribution >= 4 is 29.7 Å². The lowest BCUT2D eigenvalue weighted by atomic mass is 10.1. The van der Waals surface area contributed by atoms with Crippen LogP contribution in [-0.2, 0) is 0 Å². The lowest BCUT2D eigenvalue weighted by molar-refractivity contribution is 0.0934. The lowest BCUT2D eigenvalue weighted by Crippen LogP contribution is -2.29. The van der Waals surface area contributed by atoms with Gasteiger partial charge in [-0.1, -0.05) is 35.5 Å². The molecule has 1 amide bonds. The molecule has 3 aromatic rings. The molecule has 148 valence electrons. The summed E-state index contributed by atoms with van der Waals surface area (Å²) in [6, 6.07) is 10.1. The second-order valence-corrected chi connectivity index (χ2v) is 7.59. The van der Waals surface area contributed by atoms with Crippen LogP contribution in [0.15, 0.2) is 41.9 Å². The zero-order valence-corrected chi connectivity index (χ0v) is 17.2. The van der Waals surface area contributed by atoms with Gasteiger partial charge in [-0.2, -0.15) is 0 Å². The van der Waals surface area contributed by atoms with Gasteiger partial charge >= 0.3 is 0 Å². The van der Waals surface area contributed by atoms with Crippen LogP contribution in [0.25, 0.3) is 11.3 Å². The van der Waals surface area contributed by atoms with Crippen LogP contribution in [0.4, 0.5) is 0 Å². The first-order chi connectivity index (χ1) is 13.2. The number of carbonyl (C=O) groups excluding carboxylic acids is 1. The Morgan fingerprint density at radius 2 is 2.04 bits per heavy atom. The molecule has 1 fully saturated rings. The van der Waals surface area contributed by atoms with Crippen LogP contribution >= 0.6 is 23.7 Å². The van der Waals surface area contributed by atoms with Gasteiger partial charge in [0.2, 0.25) is 0 Å². The molecular weight excluding hydrogens is 396 g/mol. The second kappa shape index (κ2) is 9.27. The molecule has 9 heteroatoms. The molecule has 1 aromatic carbocycles. The van der Waals surface area contributed by atoms with Crippen LogP contribution in [0.1, 0.15) is 47.3 Å². The summed E-state index contributed by atoms with van der Waals surface area (Å²) in [5.74, 6) is -0.223. The van der Waals surface area contributed by atoms with E-state index in [0.29, 0.717) is 11.7 Å². The molecule has 1 saturated heterocycles. The number of aromatic nitrogens is 4. The Labute approximate surface area is 174 Å². The topological polar surface area (TPSA) is 84.7 Å². The van der Waals surface area contributed by atoms with Gasteiger partial charge in [0.25, 0.3) is 5.91 Å². The van der Waals surface area contributed by atoms with Gasteiger partial charge in [-0.05, 0) is 32.9 Å². The highest BCUT2D eigenvalue weighted by atomic mass is 35.5. The molecule has 4 rings (SSSR count). The molecule has 0 spiro atoms. The molecular formula is C19H23ClN6OS. The number of hydrogen-bond acceptors (Lipinski definition) is 6. The first-order valence-corrected chi connectivity index (χ1v) is 10.0. The number of nitrogens with zero attached hydrogens (tertiary/aromatic N) is 4. The first kappa shape index (κ1) is 20.4. The molecule has 1 atom stereocenters. The first-order valence-electron chi connectivity index (χ1n) is 9.15. The number of nitrogens with one attached hydrogen (secondary N) is 2. The third-order valence-corrected chi connectivity index (χ3v) is 5.76. The van der Waals surface area contributed by atoms with E-state index in [2.05, 4.69) is 25.9 Å². The minimum Gasteiger partial charge on any atom is -0.342 e. The monoisotopic (exact) mass is 418 g/mol. The van der Waals surface area contributed by atoms with E-state index in [9.17, 15) is 4.79 Å². The van der Waals surface area contributed by atoms with Crippen LogP contribution < -0.4 is 10.6 Å². The largest absolute Gasteiger partial charge is 0.342 e. The summed E-state index contributed by atoms with van der Waals surface area (Å²) < 4.78 is 1.82. The summed E-state index contributed by atoms with van der Waals surface area (Å²) in [5, 5.41) is 17.4. The summed E-state index contributed by atoms with van der Waals surface area (Å²) in [4.78, 5) is 17.2. The van der Waals surface area contributed by atoms with Gasteiger partial charge in [0.15, 0.2) is 5.69 Å². The van der Waals surface area contributed by atoms with Crippen molar-refractivity contribution in [3.63, 3.8) is 0 Å². The normalized spacial score (nSPS) is 15.6. The molecule has 28 heavy (non-hydrogen) atoms. The molecule has 7 nitrogen and oxygen atoms in total. The van der Waals surface area contributed by atoms with E-state index < -0.39 is 0 Å². The van der Waals surface area contributed by atoms with E-state index in [0.717, 1.165) is 42.2 Å². The molecule has 0 aliphatic carbocycles. The Morgan fingerprint density at radius 1 is 1.29 bits per heavy atom. The Hall–Kier alpha value is -2.29. The van der Waals surface area contributed by atoms with Crippen molar-refractivity contribution in [2.24, 2.45) is 0 Å². The maximum atomic E-state index is 12.5. The van der Waals surface area contributed by atoms with Crippen LogP contribution in [-0.4, -0.2) is 39.0 Å². The van der Waals surface area contributed by atoms with Gasteiger partial charge in [0.1, 0.15) is 5.01 Å². The summed E-state index contributed by atoms with van der Waals surface area (Å²) >= 11 is 1.54. The molecule has 1 aliphatic heterocycles. The number of rotatable bonds is 5. The number of benzene rings is 1. The van der Waals surface area contributed by atoms with Crippen molar-refractivity contribution in [1.29, 1.82) is 0 Å². The highest BCUT2D eigenvalue weighted by Crippen LogP contribution is 2.25. The van der Waals surface area contributed by atoms with Crippen molar-refractivity contribution in [2.45, 2.75) is 31.8 Å². The fourth-order valence-corrected chi connectivity index (χ4v) is 4.03. The van der Waals surface area contributed by atoms with Crippen molar-refractivity contribution in [3.8, 4) is 11.3 Å². The average molecular weight is 419 g/mol. The number of amides is 1. The van der Waals surface area contributed by atoms with Crippen LogP contribution in [0.3, 0.4) is 0 Å². The van der Waals surface area contributed by atoms with Gasteiger partial charge in [0, 0.05) is 10.9 Å². The third-order valence-electron chi connectivity index (χ3n) is 4.74. The quantitative estimate of drug-likeness (QED) is 0.664. The number of thiazole rings is 1. The number of hydrogen-bond donors (Lipinski definition) is 2. The predicted molar refractivity (Wildman–Crippen MR) is 112 cm³/mol. The minimum atomic E-state index is -0.223. The number of carbonyl (C=O) groups is 1. The van der Waals surface area contributed by atoms with E-state index in [4.69, 9.17) is 0 Å². The molecule has 2 aromatic heterocycles. The highest BCUT2D eigenvalue weighted by Gasteiger charge is 2.20. The van der Waals surface area contributed by atoms with Crippen LogP contribution in [0.2, 0.25) is 0 Å². The van der Waals surface area contributed by atoms with E-state index in [1.165, 1.54) is 0 Å². The van der Waals surface area contributed by atoms with Gasteiger partial charge in [-0.15, -0.1) is 28.8 Å². The second-order valence-electron chi connectivity index (χ2n) is 6.70. The van der Waals surface area contributed by atoms with Crippen molar-refractivity contribution < 1.29 is 4.79 Å². The van der Waals surface area contributed by atoms with E-state index >= 15 is 0 Å². The Kier molecular flexibility index (Phi) is 6.77. The molecule has 0 radical (unpaired) electrons. The van der Waals surface area contributed by atoms with Crippen LogP contribution in [0, 0.1) is 0 Å². The Morgan fingerprint density at radius 3 is 2.79 bits per heavy atom. The molecule has 3 heterocycles. The van der Waals surface area contributed by atoms with E-state index in [-0.39, 0.29) is 24.4 Å². The lowest BCUT2D eigenvalue weighted by Gasteiger charge is -2.22. The summed E-state index contributed by atoms with van der Waals surface area (Å²) in [5.41, 5.74) is 2.34. The highest BCUT2D eigenvalue weighted by molar-refractivity contribution is 7.10. The van der Waals surface area contributed by atoms with Crippen LogP contribution in [0.5, 0.6) is 0 Å². The standard InChI is InChI=1S/C19H22N6OS.ClH/c1-13(19-22-17(12-27-19)14-5-3-2-4-6-14)21-18(26)16-11-25(24-23-16)15-7-9-20-10-8-15;/h2-6,11-13,15,20H,7-10H2,1H3,(H,21,26);1H. The van der Waals surface area contributed by atoms with Gasteiger partial charge < -0.3 is 10.6 Å². The molecule has 0 bridgehead atoms. The van der Waals surface area contributed by atoms with Crippen molar-refractivity contribution in [1.82, 2.24) is 30.6 Å². The Bertz CT molecular complexity index is 906. The van der Waals surface area contributed by atoms with Gasteiger partial charge in [-0.3, -0.25) is 4.79 Å². The van der Waals surface area contributed by atoms with Gasteiger partial charge in [-0.25, -0.2) is 9.67 Å². The number of piperidine rings is 1. The zero-order chi connectivity index (χ0) is 18.6. The van der Waals surface area contributed by atoms with Crippen molar-refractivity contribution in [2.75, 3.05) is 13.1 Å². The minimum absolute atomic E-state index is 0. The number of halogens is 1. The SMILES string of the molecule is CC(NC(=O)c1cn(C2CCNCC2)nn1)c1nc(-c2ccccc2)cs1.Cl. The Balaban J connectivity index is 0.00000225. The fraction of sp³-hybridized carbons (Fsp3) is 0.368.